The lowest BCUT2D eigenvalue weighted by atomic mass is 9.74. The number of carbonyl (C=O) groups is 1. The molecule has 18 heteroatoms. The molecule has 6 aliphatic rings. The van der Waals surface area contributed by atoms with E-state index in [-0.39, 0.29) is 64.8 Å². The number of ether oxygens (including phenoxy) is 1. The number of aryl methyl sites for hydroxylation is 1. The SMILES string of the molecule is CCCOCC1=CN(C)C=CN=C(CCc2ccc(C(F)(F)F)c(Cl)c2)C=CNCCNCC2(CCCC2)NC(C)[C@H](C2CCCC2)N2C(C)[C@H](C(=O)N3CCCC3)C2CNC(C)[C@H](CC(C)C)NC[C@H]([C@@H](C)CC)NC(C)[C@H](C)N2CCCC2=CN1C. The predicted molar refractivity (Wildman–Crippen MR) is 358 cm³/mol. The van der Waals surface area contributed by atoms with Crippen molar-refractivity contribution in [3.8, 4) is 0 Å². The molecule has 498 valence electrons. The van der Waals surface area contributed by atoms with Gasteiger partial charge in [-0.15, -0.1) is 0 Å². The van der Waals surface area contributed by atoms with E-state index in [1.54, 1.807) is 6.20 Å². The largest absolute Gasteiger partial charge is 0.417 e. The van der Waals surface area contributed by atoms with Crippen LogP contribution in [0.2, 0.25) is 5.02 Å². The number of allylic oxidation sites excluding steroid dienone is 2. The molecule has 14 nitrogen and oxygen atoms in total. The van der Waals surface area contributed by atoms with Gasteiger partial charge in [0.15, 0.2) is 0 Å². The summed E-state index contributed by atoms with van der Waals surface area (Å²) >= 11 is 6.18. The van der Waals surface area contributed by atoms with E-state index in [1.165, 1.54) is 56.4 Å². The number of aliphatic imine (C=N–C) groups is 1. The molecule has 5 unspecified atom stereocenters. The van der Waals surface area contributed by atoms with E-state index in [0.717, 1.165) is 121 Å². The molecule has 0 bridgehead atoms. The van der Waals surface area contributed by atoms with Crippen LogP contribution in [-0.2, 0) is 22.1 Å². The fourth-order valence-electron chi connectivity index (χ4n) is 15.3. The van der Waals surface area contributed by atoms with E-state index in [9.17, 15) is 18.0 Å². The summed E-state index contributed by atoms with van der Waals surface area (Å²) in [5, 5.41) is 24.0. The van der Waals surface area contributed by atoms with Gasteiger partial charge in [0.05, 0.1) is 28.8 Å². The maximum Gasteiger partial charge on any atom is 0.417 e. The molecule has 1 spiro atoms. The Bertz CT molecular complexity index is 2440. The normalized spacial score (nSPS) is 29.9. The summed E-state index contributed by atoms with van der Waals surface area (Å²) in [4.78, 5) is 31.5. The number of nitrogens with one attached hydrogen (secondary N) is 6. The minimum Gasteiger partial charge on any atom is -0.390 e. The molecular weight excluding hydrogens is 1130 g/mol. The Morgan fingerprint density at radius 3 is 2.28 bits per heavy atom. The minimum absolute atomic E-state index is 0.0278. The molecule has 6 N–H and O–H groups in total. The van der Waals surface area contributed by atoms with E-state index in [0.29, 0.717) is 67.9 Å². The summed E-state index contributed by atoms with van der Waals surface area (Å²) in [6.45, 7) is 31.4. The van der Waals surface area contributed by atoms with Gasteiger partial charge in [-0.3, -0.25) is 14.7 Å². The number of likely N-dealkylation sites (tertiary alicyclic amines) is 1. The lowest BCUT2D eigenvalue weighted by Gasteiger charge is -2.60. The molecule has 1 amide bonds. The Labute approximate surface area is 535 Å². The van der Waals surface area contributed by atoms with E-state index in [2.05, 4.69) is 140 Å². The van der Waals surface area contributed by atoms with Crippen molar-refractivity contribution in [3.63, 3.8) is 0 Å². The van der Waals surface area contributed by atoms with Gasteiger partial charge in [0.25, 0.3) is 0 Å². The van der Waals surface area contributed by atoms with Crippen LogP contribution >= 0.6 is 11.6 Å². The Morgan fingerprint density at radius 2 is 1.60 bits per heavy atom. The van der Waals surface area contributed by atoms with Crippen LogP contribution < -0.4 is 31.9 Å². The van der Waals surface area contributed by atoms with Gasteiger partial charge in [0.2, 0.25) is 5.91 Å². The second-order valence-electron chi connectivity index (χ2n) is 27.9. The first-order valence-electron chi connectivity index (χ1n) is 34.6. The van der Waals surface area contributed by atoms with Crippen molar-refractivity contribution in [1.29, 1.82) is 0 Å². The van der Waals surface area contributed by atoms with E-state index >= 15 is 0 Å². The molecule has 0 radical (unpaired) electrons. The quantitative estimate of drug-likeness (QED) is 0.105. The fourth-order valence-corrected chi connectivity index (χ4v) is 15.6. The Kier molecular flexibility index (Phi) is 28.4. The smallest absolute Gasteiger partial charge is 0.390 e. The molecule has 5 fully saturated rings. The van der Waals surface area contributed by atoms with Gasteiger partial charge in [-0.2, -0.15) is 13.2 Å². The zero-order chi connectivity index (χ0) is 63.5. The molecule has 4 aliphatic heterocycles. The van der Waals surface area contributed by atoms with Crippen molar-refractivity contribution in [1.82, 2.24) is 56.4 Å². The van der Waals surface area contributed by atoms with E-state index in [1.807, 2.05) is 30.4 Å². The van der Waals surface area contributed by atoms with Gasteiger partial charge in [-0.25, -0.2) is 0 Å². The number of hydrogen-bond acceptors (Lipinski definition) is 13. The van der Waals surface area contributed by atoms with Gasteiger partial charge in [-0.1, -0.05) is 84.4 Å². The first-order chi connectivity index (χ1) is 42.1. The molecule has 11 atom stereocenters. The Morgan fingerprint density at radius 1 is 0.864 bits per heavy atom. The highest BCUT2D eigenvalue weighted by Crippen LogP contribution is 2.44. The Balaban J connectivity index is 1.19. The first kappa shape index (κ1) is 71.8. The fraction of sp³-hybridized carbons (Fsp3) is 0.771. The number of halogens is 4. The van der Waals surface area contributed by atoms with E-state index < -0.39 is 11.7 Å². The maximum absolute atomic E-state index is 14.8. The number of rotatable bonds is 13. The zero-order valence-corrected chi connectivity index (χ0v) is 57.1. The molecule has 3 saturated heterocycles. The average Bonchev–Trinajstić information content (AvgIpc) is 2.80. The van der Waals surface area contributed by atoms with Crippen molar-refractivity contribution >= 4 is 23.2 Å². The van der Waals surface area contributed by atoms with Crippen LogP contribution in [0.25, 0.3) is 0 Å². The number of likely N-dealkylation sites (N-methyl/N-ethyl adjacent to an activating group) is 1. The third kappa shape index (κ3) is 20.2. The number of amides is 1. The van der Waals surface area contributed by atoms with Gasteiger partial charge in [0.1, 0.15) is 0 Å². The zero-order valence-electron chi connectivity index (χ0n) is 56.3. The second-order valence-corrected chi connectivity index (χ2v) is 28.3. The van der Waals surface area contributed by atoms with Crippen LogP contribution in [0, 0.1) is 23.7 Å². The molecule has 2 saturated carbocycles. The summed E-state index contributed by atoms with van der Waals surface area (Å²) in [5.41, 5.74) is 2.94. The monoisotopic (exact) mass is 1250 g/mol. The van der Waals surface area contributed by atoms with Crippen LogP contribution in [0.4, 0.5) is 13.2 Å². The maximum atomic E-state index is 14.8. The highest BCUT2D eigenvalue weighted by molar-refractivity contribution is 6.31. The number of hydrogen-bond donors (Lipinski definition) is 6. The molecule has 0 aromatic heterocycles. The minimum atomic E-state index is -4.52. The molecule has 88 heavy (non-hydrogen) atoms. The third-order valence-corrected chi connectivity index (χ3v) is 21.0. The summed E-state index contributed by atoms with van der Waals surface area (Å²) in [6, 6.07) is 6.03. The number of nitrogens with zero attached hydrogens (tertiary/aromatic N) is 6. The summed E-state index contributed by atoms with van der Waals surface area (Å²) in [6.07, 6.45) is 25.4. The topological polar surface area (TPSA) is 127 Å². The van der Waals surface area contributed by atoms with Crippen molar-refractivity contribution in [3.05, 3.63) is 82.8 Å². The number of benzene rings is 1. The Hall–Kier alpha value is -3.68. The first-order valence-corrected chi connectivity index (χ1v) is 35.0. The number of fused-ring (bicyclic) bond motifs is 2. The molecule has 1 aromatic carbocycles. The van der Waals surface area contributed by atoms with E-state index in [4.69, 9.17) is 21.3 Å². The van der Waals surface area contributed by atoms with Crippen LogP contribution in [0.15, 0.2) is 71.7 Å². The van der Waals surface area contributed by atoms with Crippen molar-refractivity contribution < 1.29 is 22.7 Å². The summed E-state index contributed by atoms with van der Waals surface area (Å²) in [5.74, 6) is 1.89. The predicted octanol–water partition coefficient (Wildman–Crippen LogP) is 11.9. The standard InChI is InChI=1S/C70H118ClF3N12O2/c1-13-40-88-47-60-45-82(11)39-35-77-58(27-25-56-26-28-61(62(71)42-56)70(72,73)74)29-32-75-33-34-76-48-69(30-17-18-31-69)81-53(8)67(57-22-15-16-23-57)86-55(10)66(68(87)84-36-19-20-37-84)65(86)44-78-52(7)63(41-49(3)4)79-43-64(50(5)14-2)80-51(6)54(9)85-38-21-24-59(85)46-83(60)12/h26,28-29,32,35,39,42,45-46,49-55,57,63-67,75-76,78-81H,13-25,27,30-31,33-34,36-38,40-41,43-44,47-48H2,1-12H3/t50-,51?,52?,53?,54-,55?,63-,64+,65?,66-,67+/m0/s1. The number of alkyl halides is 3. The molecule has 7 rings (SSSR count). The van der Waals surface area contributed by atoms with Crippen LogP contribution in [0.5, 0.6) is 0 Å². The van der Waals surface area contributed by atoms with Crippen molar-refractivity contribution in [2.24, 2.45) is 28.7 Å². The third-order valence-electron chi connectivity index (χ3n) is 20.7. The lowest BCUT2D eigenvalue weighted by Crippen LogP contribution is -2.76. The molecule has 2 aliphatic carbocycles. The van der Waals surface area contributed by atoms with Crippen LogP contribution in [0.3, 0.4) is 0 Å². The van der Waals surface area contributed by atoms with Gasteiger partial charge < -0.3 is 56.2 Å². The highest BCUT2D eigenvalue weighted by atomic mass is 35.5. The average molecular weight is 1250 g/mol. The molecule has 1 aromatic rings. The molecular formula is C70H118ClF3N12O2. The molecule has 4 heterocycles. The van der Waals surface area contributed by atoms with Crippen LogP contribution in [0.1, 0.15) is 183 Å². The summed E-state index contributed by atoms with van der Waals surface area (Å²) in [7, 11) is 4.11. The summed E-state index contributed by atoms with van der Waals surface area (Å²) < 4.78 is 47.1. The van der Waals surface area contributed by atoms with Crippen molar-refractivity contribution in [2.45, 2.75) is 244 Å². The lowest BCUT2D eigenvalue weighted by molar-refractivity contribution is -0.160. The van der Waals surface area contributed by atoms with Crippen molar-refractivity contribution in [2.75, 3.05) is 79.7 Å². The van der Waals surface area contributed by atoms with Gasteiger partial charge in [0, 0.05) is 169 Å². The second kappa shape index (κ2) is 34.8. The highest BCUT2D eigenvalue weighted by Gasteiger charge is 2.56. The number of carbonyl (C=O) groups excluding carboxylic acids is 1. The van der Waals surface area contributed by atoms with Gasteiger partial charge in [-0.05, 0) is 159 Å². The van der Waals surface area contributed by atoms with Gasteiger partial charge >= 0.3 is 6.18 Å². The van der Waals surface area contributed by atoms with Crippen LogP contribution in [-0.4, -0.2) is 176 Å².